The van der Waals surface area contributed by atoms with Crippen LogP contribution in [0.3, 0.4) is 0 Å². The van der Waals surface area contributed by atoms with Crippen molar-refractivity contribution in [3.63, 3.8) is 0 Å². The highest BCUT2D eigenvalue weighted by atomic mass is 16.5. The van der Waals surface area contributed by atoms with Crippen LogP contribution in [-0.2, 0) is 4.74 Å². The summed E-state index contributed by atoms with van der Waals surface area (Å²) in [5, 5.41) is 0. The van der Waals surface area contributed by atoms with Gasteiger partial charge in [-0.05, 0) is 25.7 Å². The molecule has 2 unspecified atom stereocenters. The zero-order valence-electron chi connectivity index (χ0n) is 11.1. The number of methoxy groups -OCH3 is 1. The average Bonchev–Trinajstić information content (AvgIpc) is 2.41. The van der Waals surface area contributed by atoms with Gasteiger partial charge in [-0.25, -0.2) is 14.8 Å². The van der Waals surface area contributed by atoms with Crippen LogP contribution in [0.15, 0.2) is 12.5 Å². The Morgan fingerprint density at radius 3 is 3.00 bits per heavy atom. The first-order valence-corrected chi connectivity index (χ1v) is 6.30. The van der Waals surface area contributed by atoms with Crippen LogP contribution in [0.4, 0.5) is 5.82 Å². The van der Waals surface area contributed by atoms with Crippen LogP contribution >= 0.6 is 0 Å². The predicted molar refractivity (Wildman–Crippen MR) is 68.6 cm³/mol. The second-order valence-corrected chi connectivity index (χ2v) is 4.81. The van der Waals surface area contributed by atoms with Crippen molar-refractivity contribution in [2.45, 2.75) is 32.7 Å². The lowest BCUT2D eigenvalue weighted by atomic mass is 9.92. The minimum absolute atomic E-state index is 0.372. The maximum absolute atomic E-state index is 11.7. The number of hydrogen-bond acceptors (Lipinski definition) is 5. The molecule has 1 aromatic rings. The second-order valence-electron chi connectivity index (χ2n) is 4.81. The van der Waals surface area contributed by atoms with Crippen molar-refractivity contribution in [2.24, 2.45) is 5.92 Å². The summed E-state index contributed by atoms with van der Waals surface area (Å²) in [5.74, 6) is 0.908. The third-order valence-corrected chi connectivity index (χ3v) is 3.74. The Labute approximate surface area is 107 Å². The van der Waals surface area contributed by atoms with E-state index in [1.54, 1.807) is 0 Å². The Bertz CT molecular complexity index is 436. The van der Waals surface area contributed by atoms with Crippen LogP contribution in [0.5, 0.6) is 0 Å². The van der Waals surface area contributed by atoms with Gasteiger partial charge >= 0.3 is 5.97 Å². The van der Waals surface area contributed by atoms with Crippen LogP contribution in [0.25, 0.3) is 0 Å². The van der Waals surface area contributed by atoms with E-state index < -0.39 is 0 Å². The molecule has 1 aliphatic heterocycles. The summed E-state index contributed by atoms with van der Waals surface area (Å²) in [6.07, 6.45) is 5.35. The van der Waals surface area contributed by atoms with E-state index in [1.165, 1.54) is 26.1 Å². The fourth-order valence-electron chi connectivity index (χ4n) is 2.44. The highest BCUT2D eigenvalue weighted by molar-refractivity contribution is 5.94. The summed E-state index contributed by atoms with van der Waals surface area (Å²) in [5.41, 5.74) is 0.445. The molecule has 0 aromatic carbocycles. The smallest absolute Gasteiger partial charge is 0.343 e. The molecule has 0 amide bonds. The normalized spacial score (nSPS) is 23.8. The predicted octanol–water partition coefficient (Wildman–Crippen LogP) is 1.89. The Morgan fingerprint density at radius 2 is 2.28 bits per heavy atom. The molecule has 2 heterocycles. The molecule has 2 rings (SSSR count). The van der Waals surface area contributed by atoms with Crippen molar-refractivity contribution in [2.75, 3.05) is 18.6 Å². The minimum atomic E-state index is -0.379. The Balaban J connectivity index is 2.35. The summed E-state index contributed by atoms with van der Waals surface area (Å²) in [7, 11) is 1.38. The van der Waals surface area contributed by atoms with Crippen LogP contribution in [-0.4, -0.2) is 35.6 Å². The van der Waals surface area contributed by atoms with E-state index in [0.29, 0.717) is 23.3 Å². The van der Waals surface area contributed by atoms with Crippen LogP contribution in [0, 0.1) is 5.92 Å². The molecule has 0 spiro atoms. The fraction of sp³-hybridized carbons (Fsp3) is 0.615. The molecule has 1 aliphatic rings. The lowest BCUT2D eigenvalue weighted by Gasteiger charge is -2.39. The molecule has 1 saturated heterocycles. The zero-order valence-corrected chi connectivity index (χ0v) is 11.1. The van der Waals surface area contributed by atoms with E-state index in [4.69, 9.17) is 4.74 Å². The second kappa shape index (κ2) is 5.33. The Morgan fingerprint density at radius 1 is 1.50 bits per heavy atom. The van der Waals surface area contributed by atoms with Crippen LogP contribution < -0.4 is 4.90 Å². The summed E-state index contributed by atoms with van der Waals surface area (Å²) in [4.78, 5) is 22.1. The number of piperidine rings is 1. The molecule has 18 heavy (non-hydrogen) atoms. The Kier molecular flexibility index (Phi) is 3.79. The van der Waals surface area contributed by atoms with Gasteiger partial charge in [0.05, 0.1) is 7.11 Å². The van der Waals surface area contributed by atoms with Gasteiger partial charge in [-0.15, -0.1) is 0 Å². The number of hydrogen-bond donors (Lipinski definition) is 0. The van der Waals surface area contributed by atoms with E-state index in [2.05, 4.69) is 28.7 Å². The molecule has 0 aliphatic carbocycles. The van der Waals surface area contributed by atoms with E-state index >= 15 is 0 Å². The number of ether oxygens (including phenoxy) is 1. The summed E-state index contributed by atoms with van der Waals surface area (Å²) in [6.45, 7) is 5.33. The average molecular weight is 249 g/mol. The summed E-state index contributed by atoms with van der Waals surface area (Å²) >= 11 is 0. The first-order valence-electron chi connectivity index (χ1n) is 6.30. The first-order chi connectivity index (χ1) is 8.65. The maximum Gasteiger partial charge on any atom is 0.343 e. The minimum Gasteiger partial charge on any atom is -0.465 e. The first kappa shape index (κ1) is 12.8. The van der Waals surface area contributed by atoms with Crippen LogP contribution in [0.2, 0.25) is 0 Å². The van der Waals surface area contributed by atoms with Gasteiger partial charge in [-0.2, -0.15) is 0 Å². The number of carbonyl (C=O) groups excluding carboxylic acids is 1. The summed E-state index contributed by atoms with van der Waals surface area (Å²) < 4.78 is 4.78. The van der Waals surface area contributed by atoms with E-state index in [9.17, 15) is 4.79 Å². The zero-order chi connectivity index (χ0) is 13.1. The van der Waals surface area contributed by atoms with E-state index in [0.717, 1.165) is 13.0 Å². The molecular formula is C13H19N3O2. The third kappa shape index (κ3) is 2.30. The van der Waals surface area contributed by atoms with E-state index in [1.807, 2.05) is 0 Å². The van der Waals surface area contributed by atoms with Gasteiger partial charge in [0.2, 0.25) is 0 Å². The SMILES string of the molecule is COC(=O)c1cncnc1N1CCCC(C)C1C. The highest BCUT2D eigenvalue weighted by Gasteiger charge is 2.28. The molecule has 0 saturated carbocycles. The maximum atomic E-state index is 11.7. The van der Waals surface area contributed by atoms with Crippen molar-refractivity contribution < 1.29 is 9.53 Å². The molecule has 0 bridgehead atoms. The molecule has 1 fully saturated rings. The highest BCUT2D eigenvalue weighted by Crippen LogP contribution is 2.29. The van der Waals surface area contributed by atoms with Gasteiger partial charge < -0.3 is 9.64 Å². The van der Waals surface area contributed by atoms with Gasteiger partial charge in [-0.3, -0.25) is 0 Å². The third-order valence-electron chi connectivity index (χ3n) is 3.74. The van der Waals surface area contributed by atoms with E-state index in [-0.39, 0.29) is 5.97 Å². The van der Waals surface area contributed by atoms with Gasteiger partial charge in [0.25, 0.3) is 0 Å². The van der Waals surface area contributed by atoms with Crippen molar-refractivity contribution in [1.29, 1.82) is 0 Å². The Hall–Kier alpha value is -1.65. The van der Waals surface area contributed by atoms with Gasteiger partial charge in [-0.1, -0.05) is 6.92 Å². The topological polar surface area (TPSA) is 55.3 Å². The number of anilines is 1. The van der Waals surface area contributed by atoms with Crippen molar-refractivity contribution in [3.05, 3.63) is 18.1 Å². The van der Waals surface area contributed by atoms with Crippen molar-refractivity contribution in [1.82, 2.24) is 9.97 Å². The van der Waals surface area contributed by atoms with Crippen molar-refractivity contribution >= 4 is 11.8 Å². The standard InChI is InChI=1S/C13H19N3O2/c1-9-5-4-6-16(10(9)2)12-11(13(17)18-3)7-14-8-15-12/h7-10H,4-6H2,1-3H3. The lowest BCUT2D eigenvalue weighted by Crippen LogP contribution is -2.43. The monoisotopic (exact) mass is 249 g/mol. The van der Waals surface area contributed by atoms with Crippen molar-refractivity contribution in [3.8, 4) is 0 Å². The summed E-state index contributed by atoms with van der Waals surface area (Å²) in [6, 6.07) is 0.372. The van der Waals surface area contributed by atoms with Gasteiger partial charge in [0.15, 0.2) is 0 Å². The molecule has 2 atom stereocenters. The number of nitrogens with zero attached hydrogens (tertiary/aromatic N) is 3. The molecule has 98 valence electrons. The van der Waals surface area contributed by atoms with Gasteiger partial charge in [0, 0.05) is 18.8 Å². The molecule has 5 nitrogen and oxygen atoms in total. The molecular weight excluding hydrogens is 230 g/mol. The quantitative estimate of drug-likeness (QED) is 0.749. The molecule has 0 N–H and O–H groups in total. The number of esters is 1. The lowest BCUT2D eigenvalue weighted by molar-refractivity contribution is 0.0600. The molecule has 0 radical (unpaired) electrons. The number of rotatable bonds is 2. The van der Waals surface area contributed by atoms with Gasteiger partial charge in [0.1, 0.15) is 17.7 Å². The van der Waals surface area contributed by atoms with Crippen LogP contribution in [0.1, 0.15) is 37.0 Å². The molecule has 1 aromatic heterocycles. The number of carbonyl (C=O) groups is 1. The molecule has 5 heteroatoms. The number of aromatic nitrogens is 2. The largest absolute Gasteiger partial charge is 0.465 e. The fourth-order valence-corrected chi connectivity index (χ4v) is 2.44.